The molecule has 1 aromatic heterocycles. The minimum absolute atomic E-state index is 0.190. The van der Waals surface area contributed by atoms with Crippen LogP contribution in [0.25, 0.3) is 22.4 Å². The SMILES string of the molecule is Cc1ccc(-c2cc(=O)n(C)nc2-c2ccccc2Oc2ccccc2)cc1N. The topological polar surface area (TPSA) is 70.1 Å². The maximum atomic E-state index is 12.4. The molecule has 144 valence electrons. The Labute approximate surface area is 169 Å². The fourth-order valence-corrected chi connectivity index (χ4v) is 3.13. The number of hydrogen-bond acceptors (Lipinski definition) is 4. The summed E-state index contributed by atoms with van der Waals surface area (Å²) in [5.74, 6) is 1.39. The first-order valence-electron chi connectivity index (χ1n) is 9.30. The third kappa shape index (κ3) is 3.75. The molecule has 0 radical (unpaired) electrons. The fraction of sp³-hybridized carbons (Fsp3) is 0.0833. The van der Waals surface area contributed by atoms with Crippen LogP contribution < -0.4 is 16.0 Å². The molecule has 0 spiro atoms. The fourth-order valence-electron chi connectivity index (χ4n) is 3.13. The lowest BCUT2D eigenvalue weighted by Gasteiger charge is -2.15. The van der Waals surface area contributed by atoms with Gasteiger partial charge in [-0.05, 0) is 48.4 Å². The van der Waals surface area contributed by atoms with Gasteiger partial charge < -0.3 is 10.5 Å². The van der Waals surface area contributed by atoms with Gasteiger partial charge in [0, 0.05) is 29.9 Å². The van der Waals surface area contributed by atoms with Gasteiger partial charge in [-0.3, -0.25) is 4.79 Å². The van der Waals surface area contributed by atoms with Crippen molar-refractivity contribution in [2.75, 3.05) is 5.73 Å². The minimum Gasteiger partial charge on any atom is -0.457 e. The van der Waals surface area contributed by atoms with Crippen molar-refractivity contribution in [1.29, 1.82) is 0 Å². The van der Waals surface area contributed by atoms with E-state index in [0.717, 1.165) is 22.4 Å². The Kier molecular flexibility index (Phi) is 4.87. The third-order valence-electron chi connectivity index (χ3n) is 4.80. The number of hydrogen-bond donors (Lipinski definition) is 1. The summed E-state index contributed by atoms with van der Waals surface area (Å²) in [5.41, 5.74) is 10.6. The summed E-state index contributed by atoms with van der Waals surface area (Å²) in [5, 5.41) is 4.56. The van der Waals surface area contributed by atoms with Gasteiger partial charge in [-0.1, -0.05) is 42.5 Å². The highest BCUT2D eigenvalue weighted by atomic mass is 16.5. The molecule has 0 aliphatic carbocycles. The highest BCUT2D eigenvalue weighted by Gasteiger charge is 2.16. The largest absolute Gasteiger partial charge is 0.457 e. The van der Waals surface area contributed by atoms with Crippen molar-refractivity contribution >= 4 is 5.69 Å². The Morgan fingerprint density at radius 3 is 2.38 bits per heavy atom. The number of anilines is 1. The van der Waals surface area contributed by atoms with Crippen molar-refractivity contribution in [2.24, 2.45) is 7.05 Å². The Balaban J connectivity index is 1.91. The van der Waals surface area contributed by atoms with Crippen molar-refractivity contribution in [2.45, 2.75) is 6.92 Å². The minimum atomic E-state index is -0.190. The molecule has 0 aliphatic heterocycles. The van der Waals surface area contributed by atoms with E-state index in [0.29, 0.717) is 22.7 Å². The van der Waals surface area contributed by atoms with E-state index in [1.807, 2.05) is 79.7 Å². The van der Waals surface area contributed by atoms with Gasteiger partial charge in [0.1, 0.15) is 17.2 Å². The lowest BCUT2D eigenvalue weighted by Crippen LogP contribution is -2.19. The smallest absolute Gasteiger partial charge is 0.267 e. The monoisotopic (exact) mass is 383 g/mol. The lowest BCUT2D eigenvalue weighted by atomic mass is 9.98. The van der Waals surface area contributed by atoms with Crippen LogP contribution in [0.1, 0.15) is 5.56 Å². The summed E-state index contributed by atoms with van der Waals surface area (Å²) in [6.45, 7) is 1.95. The van der Waals surface area contributed by atoms with Crippen LogP contribution in [-0.2, 0) is 7.05 Å². The van der Waals surface area contributed by atoms with Gasteiger partial charge in [0.05, 0.1) is 0 Å². The van der Waals surface area contributed by atoms with Crippen LogP contribution in [-0.4, -0.2) is 9.78 Å². The molecule has 0 atom stereocenters. The van der Waals surface area contributed by atoms with E-state index in [1.165, 1.54) is 4.68 Å². The van der Waals surface area contributed by atoms with E-state index in [4.69, 9.17) is 10.5 Å². The van der Waals surface area contributed by atoms with Gasteiger partial charge >= 0.3 is 0 Å². The molecule has 4 rings (SSSR count). The quantitative estimate of drug-likeness (QED) is 0.514. The van der Waals surface area contributed by atoms with Gasteiger partial charge in [-0.15, -0.1) is 0 Å². The summed E-state index contributed by atoms with van der Waals surface area (Å²) < 4.78 is 7.44. The van der Waals surface area contributed by atoms with Gasteiger partial charge in [0.25, 0.3) is 5.56 Å². The maximum Gasteiger partial charge on any atom is 0.267 e. The van der Waals surface area contributed by atoms with E-state index in [1.54, 1.807) is 13.1 Å². The zero-order valence-corrected chi connectivity index (χ0v) is 16.3. The average molecular weight is 383 g/mol. The first-order valence-corrected chi connectivity index (χ1v) is 9.30. The summed E-state index contributed by atoms with van der Waals surface area (Å²) in [6.07, 6.45) is 0. The Bertz CT molecular complexity index is 1230. The van der Waals surface area contributed by atoms with Crippen LogP contribution in [0.4, 0.5) is 5.69 Å². The number of aryl methyl sites for hydroxylation is 2. The molecule has 0 bridgehead atoms. The molecule has 2 N–H and O–H groups in total. The second-order valence-corrected chi connectivity index (χ2v) is 6.85. The molecule has 5 nitrogen and oxygen atoms in total. The predicted molar refractivity (Wildman–Crippen MR) is 116 cm³/mol. The van der Waals surface area contributed by atoms with Crippen molar-refractivity contribution in [1.82, 2.24) is 9.78 Å². The Morgan fingerprint density at radius 1 is 0.897 bits per heavy atom. The highest BCUT2D eigenvalue weighted by Crippen LogP contribution is 2.37. The highest BCUT2D eigenvalue weighted by molar-refractivity contribution is 5.84. The Hall–Kier alpha value is -3.86. The second kappa shape index (κ2) is 7.64. The van der Waals surface area contributed by atoms with Gasteiger partial charge in [-0.25, -0.2) is 4.68 Å². The number of benzene rings is 3. The summed E-state index contributed by atoms with van der Waals surface area (Å²) >= 11 is 0. The van der Waals surface area contributed by atoms with Crippen LogP contribution in [0.3, 0.4) is 0 Å². The standard InChI is InChI=1S/C24H21N3O2/c1-16-12-13-17(14-21(16)25)20-15-23(28)27(2)26-24(20)19-10-6-7-11-22(19)29-18-8-4-3-5-9-18/h3-15H,25H2,1-2H3. The molecule has 0 saturated heterocycles. The number of para-hydroxylation sites is 2. The zero-order valence-electron chi connectivity index (χ0n) is 16.3. The Morgan fingerprint density at radius 2 is 1.62 bits per heavy atom. The predicted octanol–water partition coefficient (Wildman–Crippen LogP) is 4.80. The van der Waals surface area contributed by atoms with Crippen LogP contribution in [0.15, 0.2) is 83.7 Å². The van der Waals surface area contributed by atoms with Crippen LogP contribution in [0.5, 0.6) is 11.5 Å². The molecular weight excluding hydrogens is 362 g/mol. The molecule has 5 heteroatoms. The number of aromatic nitrogens is 2. The second-order valence-electron chi connectivity index (χ2n) is 6.85. The maximum absolute atomic E-state index is 12.4. The molecule has 0 saturated carbocycles. The normalized spacial score (nSPS) is 10.7. The number of nitrogens with zero attached hydrogens (tertiary/aromatic N) is 2. The number of nitrogens with two attached hydrogens (primary N) is 1. The molecule has 0 amide bonds. The summed E-state index contributed by atoms with van der Waals surface area (Å²) in [7, 11) is 1.64. The molecule has 0 unspecified atom stereocenters. The summed E-state index contributed by atoms with van der Waals surface area (Å²) in [4.78, 5) is 12.4. The molecule has 3 aromatic carbocycles. The zero-order chi connectivity index (χ0) is 20.4. The van der Waals surface area contributed by atoms with Crippen LogP contribution >= 0.6 is 0 Å². The van der Waals surface area contributed by atoms with Crippen LogP contribution in [0.2, 0.25) is 0 Å². The van der Waals surface area contributed by atoms with Crippen molar-refractivity contribution in [3.8, 4) is 33.9 Å². The van der Waals surface area contributed by atoms with E-state index >= 15 is 0 Å². The first-order chi connectivity index (χ1) is 14.0. The van der Waals surface area contributed by atoms with Crippen molar-refractivity contribution in [3.05, 3.63) is 94.8 Å². The first kappa shape index (κ1) is 18.5. The molecule has 1 heterocycles. The number of rotatable bonds is 4. The molecule has 29 heavy (non-hydrogen) atoms. The number of ether oxygens (including phenoxy) is 1. The van der Waals surface area contributed by atoms with E-state index < -0.39 is 0 Å². The summed E-state index contributed by atoms with van der Waals surface area (Å²) in [6, 6.07) is 24.6. The van der Waals surface area contributed by atoms with Crippen molar-refractivity contribution < 1.29 is 4.74 Å². The molecular formula is C24H21N3O2. The average Bonchev–Trinajstić information content (AvgIpc) is 2.73. The van der Waals surface area contributed by atoms with Gasteiger partial charge in [-0.2, -0.15) is 5.10 Å². The van der Waals surface area contributed by atoms with E-state index in [9.17, 15) is 4.79 Å². The van der Waals surface area contributed by atoms with Crippen molar-refractivity contribution in [3.63, 3.8) is 0 Å². The van der Waals surface area contributed by atoms with Gasteiger partial charge in [0.15, 0.2) is 0 Å². The molecule has 0 aliphatic rings. The molecule has 0 fully saturated rings. The lowest BCUT2D eigenvalue weighted by molar-refractivity contribution is 0.484. The van der Waals surface area contributed by atoms with E-state index in [-0.39, 0.29) is 5.56 Å². The van der Waals surface area contributed by atoms with Gasteiger partial charge in [0.2, 0.25) is 0 Å². The molecule has 4 aromatic rings. The van der Waals surface area contributed by atoms with E-state index in [2.05, 4.69) is 5.10 Å². The third-order valence-corrected chi connectivity index (χ3v) is 4.80. The van der Waals surface area contributed by atoms with Crippen LogP contribution in [0, 0.1) is 6.92 Å². The number of nitrogen functional groups attached to an aromatic ring is 1.